The van der Waals surface area contributed by atoms with Crippen LogP contribution in [0.5, 0.6) is 5.75 Å². The molecule has 2 aromatic carbocycles. The Bertz CT molecular complexity index is 823. The zero-order chi connectivity index (χ0) is 20.5. The molecule has 3 N–H and O–H groups in total. The zero-order valence-corrected chi connectivity index (χ0v) is 17.3. The van der Waals surface area contributed by atoms with Crippen LogP contribution >= 0.6 is 12.4 Å². The molecule has 0 unspecified atom stereocenters. The Morgan fingerprint density at radius 1 is 1.00 bits per heavy atom. The second-order valence-electron chi connectivity index (χ2n) is 6.20. The molecule has 2 aromatic rings. The van der Waals surface area contributed by atoms with E-state index in [1.807, 2.05) is 48.5 Å². The number of halogens is 1. The summed E-state index contributed by atoms with van der Waals surface area (Å²) >= 11 is 0. The molecule has 0 saturated carbocycles. The monoisotopic (exact) mass is 419 g/mol. The molecule has 0 saturated heterocycles. The minimum absolute atomic E-state index is 0. The van der Waals surface area contributed by atoms with Crippen molar-refractivity contribution >= 4 is 30.1 Å². The smallest absolute Gasteiger partial charge is 0.307 e. The molecule has 0 fully saturated rings. The van der Waals surface area contributed by atoms with Crippen LogP contribution < -0.4 is 10.5 Å². The van der Waals surface area contributed by atoms with E-state index >= 15 is 0 Å². The van der Waals surface area contributed by atoms with Gasteiger partial charge in [-0.1, -0.05) is 36.4 Å². The van der Waals surface area contributed by atoms with Crippen LogP contribution in [0.4, 0.5) is 0 Å². The van der Waals surface area contributed by atoms with Gasteiger partial charge in [-0.2, -0.15) is 0 Å². The molecular weight excluding hydrogens is 394 g/mol. The lowest BCUT2D eigenvalue weighted by Crippen LogP contribution is -2.34. The fourth-order valence-corrected chi connectivity index (χ4v) is 2.61. The highest BCUT2D eigenvalue weighted by Crippen LogP contribution is 2.22. The maximum absolute atomic E-state index is 11.7. The van der Waals surface area contributed by atoms with Crippen molar-refractivity contribution in [1.82, 2.24) is 4.90 Å². The number of nitrogens with one attached hydrogen (secondary N) is 1. The van der Waals surface area contributed by atoms with Gasteiger partial charge in [-0.05, 0) is 23.3 Å². The highest BCUT2D eigenvalue weighted by Gasteiger charge is 2.11. The van der Waals surface area contributed by atoms with Gasteiger partial charge in [-0.25, -0.2) is 0 Å². The van der Waals surface area contributed by atoms with Crippen molar-refractivity contribution in [3.05, 3.63) is 54.1 Å². The van der Waals surface area contributed by atoms with Crippen LogP contribution in [0, 0.1) is 5.41 Å². The first-order valence-electron chi connectivity index (χ1n) is 8.90. The third-order valence-electron chi connectivity index (χ3n) is 4.27. The number of hydrogen-bond donors (Lipinski definition) is 2. The zero-order valence-electron chi connectivity index (χ0n) is 16.5. The number of carbonyl (C=O) groups is 2. The SMILES string of the molecule is COC(=O)CCN(CCOc1ccc(-c2ccc(C(=N)N)cc2)cc1)C(C)=O.Cl. The van der Waals surface area contributed by atoms with E-state index < -0.39 is 0 Å². The Kier molecular flexibility index (Phi) is 9.68. The van der Waals surface area contributed by atoms with E-state index in [0.29, 0.717) is 31.0 Å². The first-order valence-corrected chi connectivity index (χ1v) is 8.90. The number of ether oxygens (including phenoxy) is 2. The first-order chi connectivity index (χ1) is 13.4. The quantitative estimate of drug-likeness (QED) is 0.369. The number of nitrogens with zero attached hydrogens (tertiary/aromatic N) is 1. The number of nitrogens with two attached hydrogens (primary N) is 1. The van der Waals surface area contributed by atoms with Crippen LogP contribution in [0.25, 0.3) is 11.1 Å². The Hall–Kier alpha value is -3.06. The molecular formula is C21H26ClN3O4. The topological polar surface area (TPSA) is 106 Å². The van der Waals surface area contributed by atoms with Crippen LogP contribution in [0.15, 0.2) is 48.5 Å². The highest BCUT2D eigenvalue weighted by atomic mass is 35.5. The molecule has 0 radical (unpaired) electrons. The van der Waals surface area contributed by atoms with Crippen LogP contribution in [0.3, 0.4) is 0 Å². The van der Waals surface area contributed by atoms with Crippen LogP contribution in [-0.2, 0) is 14.3 Å². The predicted octanol–water partition coefficient (Wildman–Crippen LogP) is 2.85. The fourth-order valence-electron chi connectivity index (χ4n) is 2.61. The standard InChI is InChI=1S/C21H25N3O4.ClH/c1-15(25)24(12-11-20(26)27-2)13-14-28-19-9-7-17(8-10-19)16-3-5-18(6-4-16)21(22)23;/h3-10H,11-14H2,1-2H3,(H3,22,23);1H. The fraction of sp³-hybridized carbons (Fsp3) is 0.286. The second-order valence-corrected chi connectivity index (χ2v) is 6.20. The number of amidine groups is 1. The lowest BCUT2D eigenvalue weighted by atomic mass is 10.0. The molecule has 0 atom stereocenters. The average molecular weight is 420 g/mol. The number of hydrogen-bond acceptors (Lipinski definition) is 5. The number of nitrogen functional groups attached to an aromatic ring is 1. The third kappa shape index (κ3) is 7.46. The number of carbonyl (C=O) groups excluding carboxylic acids is 2. The maximum atomic E-state index is 11.7. The minimum Gasteiger partial charge on any atom is -0.492 e. The summed E-state index contributed by atoms with van der Waals surface area (Å²) in [6, 6.07) is 15.1. The molecule has 0 aliphatic rings. The van der Waals surface area contributed by atoms with Gasteiger partial charge in [0.2, 0.25) is 5.91 Å². The van der Waals surface area contributed by atoms with Gasteiger partial charge >= 0.3 is 5.97 Å². The highest BCUT2D eigenvalue weighted by molar-refractivity contribution is 5.95. The van der Waals surface area contributed by atoms with Crippen molar-refractivity contribution in [2.24, 2.45) is 5.73 Å². The molecule has 0 aliphatic heterocycles. The van der Waals surface area contributed by atoms with Crippen LogP contribution in [-0.4, -0.2) is 49.4 Å². The number of methoxy groups -OCH3 is 1. The van der Waals surface area contributed by atoms with Gasteiger partial charge in [0.05, 0.1) is 20.1 Å². The molecule has 29 heavy (non-hydrogen) atoms. The number of benzene rings is 2. The Morgan fingerprint density at radius 2 is 1.55 bits per heavy atom. The van der Waals surface area contributed by atoms with Gasteiger partial charge in [-0.15, -0.1) is 12.4 Å². The van der Waals surface area contributed by atoms with E-state index in [9.17, 15) is 9.59 Å². The van der Waals surface area contributed by atoms with E-state index in [2.05, 4.69) is 4.74 Å². The van der Waals surface area contributed by atoms with Gasteiger partial charge < -0.3 is 20.1 Å². The van der Waals surface area contributed by atoms with Gasteiger partial charge in [0, 0.05) is 19.0 Å². The molecule has 0 aliphatic carbocycles. The average Bonchev–Trinajstić information content (AvgIpc) is 2.70. The van der Waals surface area contributed by atoms with E-state index in [-0.39, 0.29) is 36.5 Å². The third-order valence-corrected chi connectivity index (χ3v) is 4.27. The molecule has 8 heteroatoms. The second kappa shape index (κ2) is 11.7. The maximum Gasteiger partial charge on any atom is 0.307 e. The van der Waals surface area contributed by atoms with E-state index in [1.165, 1.54) is 14.0 Å². The Labute approximate surface area is 176 Å². The normalized spacial score (nSPS) is 9.86. The largest absolute Gasteiger partial charge is 0.492 e. The molecule has 7 nitrogen and oxygen atoms in total. The lowest BCUT2D eigenvalue weighted by Gasteiger charge is -2.20. The first kappa shape index (κ1) is 24.0. The molecule has 0 heterocycles. The summed E-state index contributed by atoms with van der Waals surface area (Å²) in [6.45, 7) is 2.48. The summed E-state index contributed by atoms with van der Waals surface area (Å²) in [6.07, 6.45) is 0.160. The van der Waals surface area contributed by atoms with Gasteiger partial charge in [0.15, 0.2) is 0 Å². The van der Waals surface area contributed by atoms with Gasteiger partial charge in [0.25, 0.3) is 0 Å². The molecule has 0 bridgehead atoms. The summed E-state index contributed by atoms with van der Waals surface area (Å²) in [5.74, 6) is 0.276. The Morgan fingerprint density at radius 3 is 2.03 bits per heavy atom. The van der Waals surface area contributed by atoms with Crippen molar-refractivity contribution in [2.75, 3.05) is 26.8 Å². The summed E-state index contributed by atoms with van der Waals surface area (Å²) in [7, 11) is 1.32. The number of rotatable bonds is 9. The molecule has 2 rings (SSSR count). The van der Waals surface area contributed by atoms with Crippen molar-refractivity contribution in [3.63, 3.8) is 0 Å². The van der Waals surface area contributed by atoms with Gasteiger partial charge in [0.1, 0.15) is 18.2 Å². The van der Waals surface area contributed by atoms with Crippen LogP contribution in [0.2, 0.25) is 0 Å². The summed E-state index contributed by atoms with van der Waals surface area (Å²) in [4.78, 5) is 24.4. The Balaban J connectivity index is 0.00000420. The number of esters is 1. The molecule has 0 spiro atoms. The predicted molar refractivity (Wildman–Crippen MR) is 115 cm³/mol. The summed E-state index contributed by atoms with van der Waals surface area (Å²) in [5.41, 5.74) is 8.19. The van der Waals surface area contributed by atoms with Crippen LogP contribution in [0.1, 0.15) is 18.9 Å². The lowest BCUT2D eigenvalue weighted by molar-refractivity contribution is -0.141. The summed E-state index contributed by atoms with van der Waals surface area (Å²) < 4.78 is 10.3. The van der Waals surface area contributed by atoms with Crippen molar-refractivity contribution in [2.45, 2.75) is 13.3 Å². The molecule has 156 valence electrons. The van der Waals surface area contributed by atoms with Gasteiger partial charge in [-0.3, -0.25) is 15.0 Å². The van der Waals surface area contributed by atoms with Crippen molar-refractivity contribution in [3.8, 4) is 16.9 Å². The molecule has 0 aromatic heterocycles. The van der Waals surface area contributed by atoms with E-state index in [1.54, 1.807) is 4.90 Å². The summed E-state index contributed by atoms with van der Waals surface area (Å²) in [5, 5.41) is 7.43. The van der Waals surface area contributed by atoms with E-state index in [4.69, 9.17) is 15.9 Å². The minimum atomic E-state index is -0.348. The molecule has 1 amide bonds. The van der Waals surface area contributed by atoms with E-state index in [0.717, 1.165) is 11.1 Å². The van der Waals surface area contributed by atoms with Crippen molar-refractivity contribution in [1.29, 1.82) is 5.41 Å². The van der Waals surface area contributed by atoms with Crippen molar-refractivity contribution < 1.29 is 19.1 Å². The number of amides is 1.